The fraction of sp³-hybridized carbons (Fsp3) is 0.682. The maximum Gasteiger partial charge on any atom is 0.425 e. The van der Waals surface area contributed by atoms with Crippen LogP contribution in [0.2, 0.25) is 5.02 Å². The van der Waals surface area contributed by atoms with Gasteiger partial charge in [0, 0.05) is 69.1 Å². The van der Waals surface area contributed by atoms with Crippen LogP contribution in [0.5, 0.6) is 0 Å². The molecule has 0 aromatic heterocycles. The summed E-state index contributed by atoms with van der Waals surface area (Å²) in [7, 11) is -3.18. The summed E-state index contributed by atoms with van der Waals surface area (Å²) >= 11 is 6.29. The minimum atomic E-state index is -4.59. The maximum absolute atomic E-state index is 12.7. The number of rotatable bonds is 5. The molecule has 2 atom stereocenters. The van der Waals surface area contributed by atoms with Crippen molar-refractivity contribution in [2.45, 2.75) is 44.6 Å². The van der Waals surface area contributed by atoms with Gasteiger partial charge in [0.05, 0.1) is 5.75 Å². The lowest BCUT2D eigenvalue weighted by molar-refractivity contribution is -0.200. The second-order valence-electron chi connectivity index (χ2n) is 9.27. The molecule has 3 heterocycles. The summed E-state index contributed by atoms with van der Waals surface area (Å²) < 4.78 is 68.9. The number of hydrogen-bond acceptors (Lipinski definition) is 6. The van der Waals surface area contributed by atoms with Crippen LogP contribution in [0.15, 0.2) is 18.2 Å². The number of alkyl halides is 3. The molecule has 3 fully saturated rings. The zero-order chi connectivity index (χ0) is 25.4. The van der Waals surface area contributed by atoms with Crippen LogP contribution in [0.3, 0.4) is 0 Å². The van der Waals surface area contributed by atoms with Gasteiger partial charge in [0.2, 0.25) is 10.0 Å². The van der Waals surface area contributed by atoms with Crippen molar-refractivity contribution in [2.24, 2.45) is 0 Å². The van der Waals surface area contributed by atoms with Gasteiger partial charge in [0.25, 0.3) is 0 Å². The lowest BCUT2D eigenvalue weighted by Crippen LogP contribution is -2.49. The second kappa shape index (κ2) is 10.3. The maximum atomic E-state index is 12.7. The van der Waals surface area contributed by atoms with E-state index in [0.29, 0.717) is 44.2 Å². The standard InChI is InChI=1S/C22H30ClF3N4O4S/c1-16(22(24,25)26)34-21(31)28-10-8-27(9-11-28)14-17-3-4-18(23)13-20(17)29-7-5-19(15-29)30-6-2-12-35(30,32)33/h3-4,13,16,19H,2,5-12,14-15H2,1H3/t16?,19-/m0/s1. The first-order chi connectivity index (χ1) is 16.4. The molecule has 0 radical (unpaired) electrons. The van der Waals surface area contributed by atoms with E-state index in [1.54, 1.807) is 4.31 Å². The van der Waals surface area contributed by atoms with Crippen LogP contribution >= 0.6 is 11.6 Å². The smallest absolute Gasteiger partial charge is 0.425 e. The molecule has 8 nitrogen and oxygen atoms in total. The summed E-state index contributed by atoms with van der Waals surface area (Å²) in [5.41, 5.74) is 1.98. The monoisotopic (exact) mass is 538 g/mol. The highest BCUT2D eigenvalue weighted by Gasteiger charge is 2.41. The van der Waals surface area contributed by atoms with Crippen LogP contribution in [-0.2, 0) is 21.3 Å². The number of carbonyl (C=O) groups excluding carboxylic acids is 1. The number of ether oxygens (including phenoxy) is 1. The average Bonchev–Trinajstić information content (AvgIpc) is 3.40. The molecule has 196 valence electrons. The molecule has 3 aliphatic rings. The highest BCUT2D eigenvalue weighted by molar-refractivity contribution is 7.89. The number of anilines is 1. The van der Waals surface area contributed by atoms with E-state index in [2.05, 4.69) is 14.5 Å². The molecule has 0 bridgehead atoms. The van der Waals surface area contributed by atoms with Gasteiger partial charge in [-0.1, -0.05) is 17.7 Å². The van der Waals surface area contributed by atoms with E-state index in [1.807, 2.05) is 18.2 Å². The molecule has 1 amide bonds. The van der Waals surface area contributed by atoms with Gasteiger partial charge >= 0.3 is 12.3 Å². The van der Waals surface area contributed by atoms with Crippen molar-refractivity contribution in [1.82, 2.24) is 14.1 Å². The first kappa shape index (κ1) is 26.3. The molecule has 3 saturated heterocycles. The van der Waals surface area contributed by atoms with E-state index < -0.39 is 28.4 Å². The molecule has 1 aromatic carbocycles. The van der Waals surface area contributed by atoms with Crippen molar-refractivity contribution in [2.75, 3.05) is 56.5 Å². The first-order valence-electron chi connectivity index (χ1n) is 11.7. The van der Waals surface area contributed by atoms with Crippen LogP contribution < -0.4 is 4.90 Å². The van der Waals surface area contributed by atoms with Crippen molar-refractivity contribution in [3.05, 3.63) is 28.8 Å². The number of hydrogen-bond donors (Lipinski definition) is 0. The summed E-state index contributed by atoms with van der Waals surface area (Å²) in [6.45, 7) is 4.81. The van der Waals surface area contributed by atoms with Crippen LogP contribution in [0, 0.1) is 0 Å². The highest BCUT2D eigenvalue weighted by Crippen LogP contribution is 2.32. The van der Waals surface area contributed by atoms with Crippen LogP contribution in [0.4, 0.5) is 23.7 Å². The van der Waals surface area contributed by atoms with Crippen molar-refractivity contribution in [1.29, 1.82) is 0 Å². The van der Waals surface area contributed by atoms with E-state index in [9.17, 15) is 26.4 Å². The van der Waals surface area contributed by atoms with Gasteiger partial charge in [0.1, 0.15) is 0 Å². The number of piperazine rings is 1. The predicted octanol–water partition coefficient (Wildman–Crippen LogP) is 3.16. The van der Waals surface area contributed by atoms with E-state index >= 15 is 0 Å². The number of amides is 1. The average molecular weight is 539 g/mol. The van der Waals surface area contributed by atoms with Gasteiger partial charge in [0.15, 0.2) is 6.10 Å². The Labute approximate surface area is 208 Å². The number of nitrogens with zero attached hydrogens (tertiary/aromatic N) is 4. The quantitative estimate of drug-likeness (QED) is 0.573. The molecule has 0 aliphatic carbocycles. The molecule has 13 heteroatoms. The molecule has 1 unspecified atom stereocenters. The van der Waals surface area contributed by atoms with Crippen molar-refractivity contribution in [3.63, 3.8) is 0 Å². The van der Waals surface area contributed by atoms with Crippen molar-refractivity contribution >= 4 is 33.4 Å². The SMILES string of the molecule is CC(OC(=O)N1CCN(Cc2ccc(Cl)cc2N2CC[C@H](N3CCCS3(=O)=O)C2)CC1)C(F)(F)F. The largest absolute Gasteiger partial charge is 0.437 e. The van der Waals surface area contributed by atoms with E-state index in [1.165, 1.54) is 4.90 Å². The van der Waals surface area contributed by atoms with E-state index in [4.69, 9.17) is 11.6 Å². The van der Waals surface area contributed by atoms with Gasteiger partial charge < -0.3 is 14.5 Å². The van der Waals surface area contributed by atoms with Gasteiger partial charge in [-0.25, -0.2) is 13.2 Å². The number of halogens is 4. The molecule has 0 saturated carbocycles. The zero-order valence-electron chi connectivity index (χ0n) is 19.5. The topological polar surface area (TPSA) is 73.4 Å². The normalized spacial score (nSPS) is 24.7. The molecule has 1 aromatic rings. The summed E-state index contributed by atoms with van der Waals surface area (Å²) in [6.07, 6.45) is -6.28. The predicted molar refractivity (Wildman–Crippen MR) is 126 cm³/mol. The Morgan fingerprint density at radius 3 is 2.51 bits per heavy atom. The Morgan fingerprint density at radius 1 is 1.17 bits per heavy atom. The summed E-state index contributed by atoms with van der Waals surface area (Å²) in [5.74, 6) is 0.209. The zero-order valence-corrected chi connectivity index (χ0v) is 21.1. The molecule has 3 aliphatic heterocycles. The van der Waals surface area contributed by atoms with Gasteiger partial charge in [-0.3, -0.25) is 4.90 Å². The minimum Gasteiger partial charge on any atom is -0.437 e. The number of carbonyl (C=O) groups is 1. The van der Waals surface area contributed by atoms with Crippen LogP contribution in [0.1, 0.15) is 25.3 Å². The van der Waals surface area contributed by atoms with Crippen molar-refractivity contribution in [3.8, 4) is 0 Å². The molecule has 4 rings (SSSR count). The second-order valence-corrected chi connectivity index (χ2v) is 11.8. The number of benzene rings is 1. The molecular weight excluding hydrogens is 509 g/mol. The first-order valence-corrected chi connectivity index (χ1v) is 13.7. The highest BCUT2D eigenvalue weighted by atomic mass is 35.5. The number of sulfonamides is 1. The third-order valence-corrected chi connectivity index (χ3v) is 9.09. The third kappa shape index (κ3) is 6.15. The van der Waals surface area contributed by atoms with Gasteiger partial charge in [-0.05, 0) is 37.5 Å². The Morgan fingerprint density at radius 2 is 1.89 bits per heavy atom. The molecule has 0 N–H and O–H groups in total. The lowest BCUT2D eigenvalue weighted by atomic mass is 10.1. The van der Waals surface area contributed by atoms with Crippen molar-refractivity contribution < 1.29 is 31.1 Å². The molecular formula is C22H30ClF3N4O4S. The van der Waals surface area contributed by atoms with Crippen LogP contribution in [0.25, 0.3) is 0 Å². The van der Waals surface area contributed by atoms with Gasteiger partial charge in [-0.2, -0.15) is 17.5 Å². The summed E-state index contributed by atoms with van der Waals surface area (Å²) in [6, 6.07) is 5.60. The Kier molecular flexibility index (Phi) is 7.75. The Hall–Kier alpha value is -1.76. The Bertz CT molecular complexity index is 1030. The Balaban J connectivity index is 1.36. The van der Waals surface area contributed by atoms with E-state index in [-0.39, 0.29) is 24.9 Å². The fourth-order valence-electron chi connectivity index (χ4n) is 4.85. The summed E-state index contributed by atoms with van der Waals surface area (Å²) in [4.78, 5) is 17.7. The minimum absolute atomic E-state index is 0.0528. The molecule has 0 spiro atoms. The third-order valence-electron chi connectivity index (χ3n) is 6.86. The van der Waals surface area contributed by atoms with E-state index in [0.717, 1.165) is 31.1 Å². The van der Waals surface area contributed by atoms with Crippen LogP contribution in [-0.4, -0.2) is 98.5 Å². The van der Waals surface area contributed by atoms with Gasteiger partial charge in [-0.15, -0.1) is 0 Å². The summed E-state index contributed by atoms with van der Waals surface area (Å²) in [5, 5.41) is 0.590. The fourth-order valence-corrected chi connectivity index (χ4v) is 6.78. The molecule has 35 heavy (non-hydrogen) atoms. The lowest BCUT2D eigenvalue weighted by Gasteiger charge is -2.35.